The Bertz CT molecular complexity index is 653. The van der Waals surface area contributed by atoms with Gasteiger partial charge in [-0.3, -0.25) is 4.98 Å². The fraction of sp³-hybridized carbons (Fsp3) is 0.182. The Labute approximate surface area is 90.6 Å². The first kappa shape index (κ1) is 10.3. The van der Waals surface area contributed by atoms with Gasteiger partial charge in [-0.05, 0) is 13.0 Å². The van der Waals surface area contributed by atoms with Gasteiger partial charge in [-0.25, -0.2) is 4.79 Å². The van der Waals surface area contributed by atoms with Crippen molar-refractivity contribution < 1.29 is 9.52 Å². The lowest BCUT2D eigenvalue weighted by Gasteiger charge is -2.04. The van der Waals surface area contributed by atoms with Crippen molar-refractivity contribution in [2.45, 2.75) is 13.5 Å². The maximum atomic E-state index is 11.3. The summed E-state index contributed by atoms with van der Waals surface area (Å²) in [6.45, 7) is 1.47. The van der Waals surface area contributed by atoms with Crippen LogP contribution in [-0.4, -0.2) is 10.1 Å². The SMILES string of the molecule is Cc1ncc(CO)c2cc(C#N)c(=O)oc12. The molecule has 0 spiro atoms. The van der Waals surface area contributed by atoms with E-state index >= 15 is 0 Å². The average molecular weight is 216 g/mol. The van der Waals surface area contributed by atoms with Gasteiger partial charge in [0.1, 0.15) is 11.6 Å². The van der Waals surface area contributed by atoms with Crippen molar-refractivity contribution in [2.24, 2.45) is 0 Å². The summed E-state index contributed by atoms with van der Waals surface area (Å²) in [6, 6.07) is 3.17. The van der Waals surface area contributed by atoms with Gasteiger partial charge >= 0.3 is 5.63 Å². The Morgan fingerprint density at radius 2 is 2.38 bits per heavy atom. The molecule has 0 bridgehead atoms. The van der Waals surface area contributed by atoms with Gasteiger partial charge in [-0.15, -0.1) is 0 Å². The van der Waals surface area contributed by atoms with Crippen molar-refractivity contribution >= 4 is 11.0 Å². The second-order valence-electron chi connectivity index (χ2n) is 3.33. The lowest BCUT2D eigenvalue weighted by atomic mass is 10.1. The van der Waals surface area contributed by atoms with Crippen LogP contribution < -0.4 is 5.63 Å². The summed E-state index contributed by atoms with van der Waals surface area (Å²) in [5.41, 5.74) is 0.632. The molecule has 2 rings (SSSR count). The number of aromatic nitrogens is 1. The Balaban J connectivity index is 2.96. The molecule has 5 nitrogen and oxygen atoms in total. The first-order valence-corrected chi connectivity index (χ1v) is 4.60. The molecule has 16 heavy (non-hydrogen) atoms. The zero-order valence-corrected chi connectivity index (χ0v) is 8.52. The van der Waals surface area contributed by atoms with Crippen molar-refractivity contribution in [2.75, 3.05) is 0 Å². The molecule has 2 aromatic heterocycles. The van der Waals surface area contributed by atoms with Crippen LogP contribution in [0, 0.1) is 18.3 Å². The lowest BCUT2D eigenvalue weighted by molar-refractivity contribution is 0.282. The highest BCUT2D eigenvalue weighted by atomic mass is 16.4. The molecular weight excluding hydrogens is 208 g/mol. The zero-order chi connectivity index (χ0) is 11.7. The maximum Gasteiger partial charge on any atom is 0.354 e. The van der Waals surface area contributed by atoms with E-state index in [2.05, 4.69) is 4.98 Å². The molecule has 0 aromatic carbocycles. The molecule has 0 atom stereocenters. The van der Waals surface area contributed by atoms with Crippen molar-refractivity contribution in [3.05, 3.63) is 39.5 Å². The van der Waals surface area contributed by atoms with E-state index in [1.54, 1.807) is 13.0 Å². The van der Waals surface area contributed by atoms with E-state index in [9.17, 15) is 4.79 Å². The number of rotatable bonds is 1. The monoisotopic (exact) mass is 216 g/mol. The van der Waals surface area contributed by atoms with Crippen LogP contribution in [0.25, 0.3) is 11.0 Å². The first-order valence-electron chi connectivity index (χ1n) is 4.60. The van der Waals surface area contributed by atoms with Gasteiger partial charge in [0.05, 0.1) is 12.3 Å². The number of aliphatic hydroxyl groups excluding tert-OH is 1. The van der Waals surface area contributed by atoms with Crippen LogP contribution in [0.15, 0.2) is 21.5 Å². The topological polar surface area (TPSA) is 87.1 Å². The number of pyridine rings is 1. The minimum atomic E-state index is -0.685. The molecule has 5 heteroatoms. The quantitative estimate of drug-likeness (QED) is 0.763. The maximum absolute atomic E-state index is 11.3. The van der Waals surface area contributed by atoms with Crippen molar-refractivity contribution in [1.29, 1.82) is 5.26 Å². The molecule has 0 amide bonds. The van der Waals surface area contributed by atoms with Gasteiger partial charge in [-0.1, -0.05) is 0 Å². The molecule has 0 aliphatic rings. The van der Waals surface area contributed by atoms with E-state index in [4.69, 9.17) is 14.8 Å². The fourth-order valence-electron chi connectivity index (χ4n) is 1.49. The normalized spacial score (nSPS) is 10.3. The number of nitriles is 1. The summed E-state index contributed by atoms with van der Waals surface area (Å²) in [5.74, 6) is 0. The minimum absolute atomic E-state index is 0.0761. The molecule has 0 aliphatic heterocycles. The Morgan fingerprint density at radius 1 is 1.62 bits per heavy atom. The Hall–Kier alpha value is -2.19. The third kappa shape index (κ3) is 1.45. The minimum Gasteiger partial charge on any atom is -0.420 e. The van der Waals surface area contributed by atoms with E-state index < -0.39 is 5.63 Å². The average Bonchev–Trinajstić information content (AvgIpc) is 2.30. The molecule has 0 fully saturated rings. The second-order valence-corrected chi connectivity index (χ2v) is 3.33. The van der Waals surface area contributed by atoms with Gasteiger partial charge in [0.25, 0.3) is 0 Å². The Kier molecular flexibility index (Phi) is 2.43. The number of nitrogens with zero attached hydrogens (tertiary/aromatic N) is 2. The van der Waals surface area contributed by atoms with Crippen LogP contribution in [0.5, 0.6) is 0 Å². The highest BCUT2D eigenvalue weighted by Gasteiger charge is 2.10. The summed E-state index contributed by atoms with van der Waals surface area (Å²) in [7, 11) is 0. The van der Waals surface area contributed by atoms with Crippen LogP contribution in [0.3, 0.4) is 0 Å². The lowest BCUT2D eigenvalue weighted by Crippen LogP contribution is -2.05. The van der Waals surface area contributed by atoms with Gasteiger partial charge in [0, 0.05) is 17.1 Å². The molecule has 0 unspecified atom stereocenters. The van der Waals surface area contributed by atoms with Gasteiger partial charge in [0.2, 0.25) is 0 Å². The van der Waals surface area contributed by atoms with Gasteiger partial charge in [-0.2, -0.15) is 5.26 Å². The van der Waals surface area contributed by atoms with E-state index in [-0.39, 0.29) is 12.2 Å². The van der Waals surface area contributed by atoms with Gasteiger partial charge < -0.3 is 9.52 Å². The van der Waals surface area contributed by atoms with E-state index in [1.165, 1.54) is 12.3 Å². The molecule has 0 radical (unpaired) electrons. The largest absolute Gasteiger partial charge is 0.420 e. The Morgan fingerprint density at radius 3 is 3.00 bits per heavy atom. The van der Waals surface area contributed by atoms with Crippen LogP contribution >= 0.6 is 0 Å². The van der Waals surface area contributed by atoms with Crippen molar-refractivity contribution in [3.8, 4) is 6.07 Å². The number of aliphatic hydroxyl groups is 1. The molecule has 2 aromatic rings. The first-order chi connectivity index (χ1) is 7.67. The van der Waals surface area contributed by atoms with Crippen LogP contribution in [0.1, 0.15) is 16.8 Å². The molecule has 0 saturated carbocycles. The number of hydrogen-bond acceptors (Lipinski definition) is 5. The molecule has 0 aliphatic carbocycles. The molecule has 1 N–H and O–H groups in total. The summed E-state index contributed by atoms with van der Waals surface area (Å²) < 4.78 is 5.01. The predicted octanol–water partition coefficient (Wildman–Crippen LogP) is 0.860. The second kappa shape index (κ2) is 3.76. The van der Waals surface area contributed by atoms with E-state index in [1.807, 2.05) is 0 Å². The smallest absolute Gasteiger partial charge is 0.354 e. The van der Waals surface area contributed by atoms with Crippen LogP contribution in [0.2, 0.25) is 0 Å². The van der Waals surface area contributed by atoms with Crippen LogP contribution in [0.4, 0.5) is 0 Å². The number of hydrogen-bond donors (Lipinski definition) is 1. The number of fused-ring (bicyclic) bond motifs is 1. The van der Waals surface area contributed by atoms with E-state index in [0.717, 1.165) is 0 Å². The van der Waals surface area contributed by atoms with E-state index in [0.29, 0.717) is 22.2 Å². The van der Waals surface area contributed by atoms with Gasteiger partial charge in [0.15, 0.2) is 5.58 Å². The van der Waals surface area contributed by atoms with Crippen molar-refractivity contribution in [1.82, 2.24) is 4.98 Å². The third-order valence-corrected chi connectivity index (χ3v) is 2.33. The molecule has 0 saturated heterocycles. The fourth-order valence-corrected chi connectivity index (χ4v) is 1.49. The van der Waals surface area contributed by atoms with Crippen LogP contribution in [-0.2, 0) is 6.61 Å². The standard InChI is InChI=1S/C11H8N2O3/c1-6-10-9(8(5-14)4-13-6)2-7(3-12)11(15)16-10/h2,4,14H,5H2,1H3. The summed E-state index contributed by atoms with van der Waals surface area (Å²) in [5, 5.41) is 18.4. The molecular formula is C11H8N2O3. The number of aryl methyl sites for hydroxylation is 1. The predicted molar refractivity (Wildman–Crippen MR) is 55.7 cm³/mol. The third-order valence-electron chi connectivity index (χ3n) is 2.33. The highest BCUT2D eigenvalue weighted by Crippen LogP contribution is 2.20. The summed E-state index contributed by atoms with van der Waals surface area (Å²) >= 11 is 0. The highest BCUT2D eigenvalue weighted by molar-refractivity contribution is 5.82. The summed E-state index contributed by atoms with van der Waals surface area (Å²) in [4.78, 5) is 15.3. The summed E-state index contributed by atoms with van der Waals surface area (Å²) in [6.07, 6.45) is 1.50. The molecule has 2 heterocycles. The zero-order valence-electron chi connectivity index (χ0n) is 8.52. The van der Waals surface area contributed by atoms with Crippen molar-refractivity contribution in [3.63, 3.8) is 0 Å². The molecule has 80 valence electrons.